The molecule has 92 valence electrons. The van der Waals surface area contributed by atoms with E-state index in [4.69, 9.17) is 4.52 Å². The molecule has 0 spiro atoms. The third-order valence-corrected chi connectivity index (χ3v) is 3.58. The molecule has 0 unspecified atom stereocenters. The summed E-state index contributed by atoms with van der Waals surface area (Å²) in [5, 5.41) is 4.03. The van der Waals surface area contributed by atoms with Crippen molar-refractivity contribution in [2.75, 3.05) is 6.26 Å². The highest BCUT2D eigenvalue weighted by Crippen LogP contribution is 2.25. The van der Waals surface area contributed by atoms with Crippen LogP contribution in [0.4, 0.5) is 0 Å². The molecule has 0 saturated carbocycles. The van der Waals surface area contributed by atoms with E-state index in [0.717, 1.165) is 24.6 Å². The highest BCUT2D eigenvalue weighted by atomic mass is 32.2. The SMILES string of the molecule is CSC(C)(C)Cc1noc(CC(C)(C)C)n1. The Morgan fingerprint density at radius 3 is 2.25 bits per heavy atom. The normalized spacial score (nSPS) is 13.1. The van der Waals surface area contributed by atoms with Crippen LogP contribution in [0.15, 0.2) is 4.52 Å². The average Bonchev–Trinajstić information content (AvgIpc) is 2.48. The first-order valence-electron chi connectivity index (χ1n) is 5.58. The molecule has 0 fully saturated rings. The Bertz CT molecular complexity index is 339. The molecule has 0 aromatic carbocycles. The van der Waals surface area contributed by atoms with Gasteiger partial charge in [-0.25, -0.2) is 0 Å². The number of hydrogen-bond donors (Lipinski definition) is 0. The second kappa shape index (κ2) is 4.78. The number of nitrogens with zero attached hydrogens (tertiary/aromatic N) is 2. The maximum absolute atomic E-state index is 5.26. The molecule has 3 nitrogen and oxygen atoms in total. The lowest BCUT2D eigenvalue weighted by Crippen LogP contribution is -2.18. The van der Waals surface area contributed by atoms with Crippen molar-refractivity contribution in [3.8, 4) is 0 Å². The quantitative estimate of drug-likeness (QED) is 0.811. The highest BCUT2D eigenvalue weighted by Gasteiger charge is 2.22. The Labute approximate surface area is 102 Å². The highest BCUT2D eigenvalue weighted by molar-refractivity contribution is 7.99. The average molecular weight is 242 g/mol. The Balaban J connectivity index is 2.65. The fraction of sp³-hybridized carbons (Fsp3) is 0.833. The standard InChI is InChI=1S/C12H22N2OS/c1-11(2,3)8-10-13-9(14-15-10)7-12(4,5)16-6/h7-8H2,1-6H3. The van der Waals surface area contributed by atoms with E-state index >= 15 is 0 Å². The van der Waals surface area contributed by atoms with Gasteiger partial charge in [0.05, 0.1) is 0 Å². The molecule has 1 heterocycles. The monoisotopic (exact) mass is 242 g/mol. The summed E-state index contributed by atoms with van der Waals surface area (Å²) >= 11 is 1.82. The Hall–Kier alpha value is -0.510. The summed E-state index contributed by atoms with van der Waals surface area (Å²) in [6.07, 6.45) is 3.79. The molecular formula is C12H22N2OS. The van der Waals surface area contributed by atoms with Crippen LogP contribution in [0.2, 0.25) is 0 Å². The molecule has 0 amide bonds. The zero-order valence-electron chi connectivity index (χ0n) is 11.1. The lowest BCUT2D eigenvalue weighted by molar-refractivity contribution is 0.312. The van der Waals surface area contributed by atoms with Crippen molar-refractivity contribution < 1.29 is 4.52 Å². The minimum absolute atomic E-state index is 0.170. The molecule has 0 aliphatic rings. The molecule has 16 heavy (non-hydrogen) atoms. The number of thioether (sulfide) groups is 1. The minimum atomic E-state index is 0.170. The molecule has 1 aromatic heterocycles. The van der Waals surface area contributed by atoms with E-state index in [0.29, 0.717) is 0 Å². The van der Waals surface area contributed by atoms with Crippen LogP contribution in [-0.4, -0.2) is 21.1 Å². The first kappa shape index (κ1) is 13.6. The molecule has 0 saturated heterocycles. The van der Waals surface area contributed by atoms with Crippen LogP contribution in [0.1, 0.15) is 46.3 Å². The molecule has 0 N–H and O–H groups in total. The van der Waals surface area contributed by atoms with Crippen LogP contribution < -0.4 is 0 Å². The van der Waals surface area contributed by atoms with Crippen LogP contribution in [0.5, 0.6) is 0 Å². The number of hydrogen-bond acceptors (Lipinski definition) is 4. The van der Waals surface area contributed by atoms with Gasteiger partial charge in [-0.05, 0) is 11.7 Å². The van der Waals surface area contributed by atoms with Crippen molar-refractivity contribution >= 4 is 11.8 Å². The third kappa shape index (κ3) is 4.56. The van der Waals surface area contributed by atoms with Gasteiger partial charge in [-0.15, -0.1) is 0 Å². The molecular weight excluding hydrogens is 220 g/mol. The lowest BCUT2D eigenvalue weighted by atomic mass is 9.92. The van der Waals surface area contributed by atoms with Gasteiger partial charge in [0.15, 0.2) is 5.82 Å². The van der Waals surface area contributed by atoms with E-state index in [1.807, 2.05) is 11.8 Å². The largest absolute Gasteiger partial charge is 0.339 e. The smallest absolute Gasteiger partial charge is 0.227 e. The zero-order chi connectivity index (χ0) is 12.4. The topological polar surface area (TPSA) is 38.9 Å². The lowest BCUT2D eigenvalue weighted by Gasteiger charge is -2.19. The first-order chi connectivity index (χ1) is 7.22. The van der Waals surface area contributed by atoms with Crippen molar-refractivity contribution in [3.05, 3.63) is 11.7 Å². The molecule has 0 bridgehead atoms. The summed E-state index contributed by atoms with van der Waals surface area (Å²) in [4.78, 5) is 4.44. The van der Waals surface area contributed by atoms with Crippen molar-refractivity contribution in [2.45, 2.75) is 52.2 Å². The molecule has 0 atom stereocenters. The summed E-state index contributed by atoms with van der Waals surface area (Å²) in [6, 6.07) is 0. The van der Waals surface area contributed by atoms with E-state index in [2.05, 4.69) is 51.0 Å². The minimum Gasteiger partial charge on any atom is -0.339 e. The molecule has 0 radical (unpaired) electrons. The van der Waals surface area contributed by atoms with Gasteiger partial charge >= 0.3 is 0 Å². The van der Waals surface area contributed by atoms with Crippen LogP contribution in [-0.2, 0) is 12.8 Å². The predicted molar refractivity (Wildman–Crippen MR) is 68.8 cm³/mol. The summed E-state index contributed by atoms with van der Waals surface area (Å²) in [7, 11) is 0. The Kier molecular flexibility index (Phi) is 4.05. The van der Waals surface area contributed by atoms with Crippen LogP contribution >= 0.6 is 11.8 Å². The number of aromatic nitrogens is 2. The van der Waals surface area contributed by atoms with Gasteiger partial charge in [-0.1, -0.05) is 39.8 Å². The second-order valence-electron chi connectivity index (χ2n) is 5.98. The van der Waals surface area contributed by atoms with Gasteiger partial charge in [0.25, 0.3) is 0 Å². The number of rotatable bonds is 4. The van der Waals surface area contributed by atoms with E-state index in [-0.39, 0.29) is 10.2 Å². The van der Waals surface area contributed by atoms with E-state index in [1.165, 1.54) is 0 Å². The first-order valence-corrected chi connectivity index (χ1v) is 6.81. The fourth-order valence-corrected chi connectivity index (χ4v) is 1.61. The molecule has 0 aliphatic carbocycles. The summed E-state index contributed by atoms with van der Waals surface area (Å²) in [6.45, 7) is 10.9. The fourth-order valence-electron chi connectivity index (χ4n) is 1.34. The van der Waals surface area contributed by atoms with Gasteiger partial charge in [-0.3, -0.25) is 0 Å². The van der Waals surface area contributed by atoms with E-state index in [1.54, 1.807) is 0 Å². The Morgan fingerprint density at radius 2 is 1.75 bits per heavy atom. The van der Waals surface area contributed by atoms with Gasteiger partial charge in [0, 0.05) is 17.6 Å². The van der Waals surface area contributed by atoms with Gasteiger partial charge in [0.1, 0.15) is 0 Å². The summed E-state index contributed by atoms with van der Waals surface area (Å²) < 4.78 is 5.43. The van der Waals surface area contributed by atoms with Crippen molar-refractivity contribution in [3.63, 3.8) is 0 Å². The van der Waals surface area contributed by atoms with Crippen molar-refractivity contribution in [1.82, 2.24) is 10.1 Å². The summed E-state index contributed by atoms with van der Waals surface area (Å²) in [5.74, 6) is 1.57. The van der Waals surface area contributed by atoms with Gasteiger partial charge < -0.3 is 4.52 Å². The predicted octanol–water partition coefficient (Wildman–Crippen LogP) is 3.34. The van der Waals surface area contributed by atoms with E-state index in [9.17, 15) is 0 Å². The maximum Gasteiger partial charge on any atom is 0.227 e. The molecule has 1 aromatic rings. The summed E-state index contributed by atoms with van der Waals surface area (Å²) in [5.41, 5.74) is 0.193. The molecule has 1 rings (SSSR count). The zero-order valence-corrected chi connectivity index (χ0v) is 11.9. The molecule has 0 aliphatic heterocycles. The van der Waals surface area contributed by atoms with E-state index < -0.39 is 0 Å². The Morgan fingerprint density at radius 1 is 1.12 bits per heavy atom. The van der Waals surface area contributed by atoms with Crippen LogP contribution in [0.25, 0.3) is 0 Å². The van der Waals surface area contributed by atoms with Crippen LogP contribution in [0.3, 0.4) is 0 Å². The molecule has 4 heteroatoms. The van der Waals surface area contributed by atoms with Crippen molar-refractivity contribution in [1.29, 1.82) is 0 Å². The third-order valence-electron chi connectivity index (χ3n) is 2.33. The van der Waals surface area contributed by atoms with Gasteiger partial charge in [-0.2, -0.15) is 16.7 Å². The second-order valence-corrected chi connectivity index (χ2v) is 7.50. The van der Waals surface area contributed by atoms with Crippen molar-refractivity contribution in [2.24, 2.45) is 5.41 Å². The van der Waals surface area contributed by atoms with Gasteiger partial charge in [0.2, 0.25) is 5.89 Å². The maximum atomic E-state index is 5.26. The van der Waals surface area contributed by atoms with Crippen LogP contribution in [0, 0.1) is 5.41 Å².